The van der Waals surface area contributed by atoms with E-state index in [2.05, 4.69) is 25.6 Å². The molecule has 1 saturated heterocycles. The van der Waals surface area contributed by atoms with Gasteiger partial charge in [0.05, 0.1) is 24.6 Å². The van der Waals surface area contributed by atoms with Gasteiger partial charge in [-0.25, -0.2) is 0 Å². The molecule has 0 bridgehead atoms. The number of para-hydroxylation sites is 2. The summed E-state index contributed by atoms with van der Waals surface area (Å²) in [6.07, 6.45) is -1.77. The Kier molecular flexibility index (Phi) is 10.5. The van der Waals surface area contributed by atoms with Gasteiger partial charge in [0.2, 0.25) is 11.8 Å². The minimum atomic E-state index is -4.80. The quantitative estimate of drug-likeness (QED) is 0.195. The standard InChI is InChI=1S/C30H32F3N5O4/c31-30(32,33)42-24-12-10-23(11-13-24)36-29(40)28(35-15-16-38-17-19-41-20-18-38)22-8-5-21(6-9-22)7-14-27(39)37-26-4-2-1-3-25(26)34/h1-14,28,35H,15-20,34H2,(H,36,40)(H,37,39). The number of nitrogens with zero attached hydrogens (tertiary/aromatic N) is 1. The molecule has 1 aliphatic heterocycles. The molecule has 4 rings (SSSR count). The molecular weight excluding hydrogens is 551 g/mol. The predicted molar refractivity (Wildman–Crippen MR) is 155 cm³/mol. The molecule has 1 aliphatic rings. The Morgan fingerprint density at radius 2 is 1.67 bits per heavy atom. The summed E-state index contributed by atoms with van der Waals surface area (Å²) < 4.78 is 46.7. The molecule has 0 radical (unpaired) electrons. The van der Waals surface area contributed by atoms with Crippen molar-refractivity contribution in [2.45, 2.75) is 12.4 Å². The minimum Gasteiger partial charge on any atom is -0.406 e. The van der Waals surface area contributed by atoms with Crippen molar-refractivity contribution < 1.29 is 32.2 Å². The number of hydrogen-bond acceptors (Lipinski definition) is 7. The number of hydrogen-bond donors (Lipinski definition) is 4. The molecule has 0 aliphatic carbocycles. The van der Waals surface area contributed by atoms with Gasteiger partial charge in [0.1, 0.15) is 11.8 Å². The number of nitrogens with one attached hydrogen (secondary N) is 3. The van der Waals surface area contributed by atoms with Crippen LogP contribution in [0.4, 0.5) is 30.2 Å². The van der Waals surface area contributed by atoms with Crippen molar-refractivity contribution in [2.24, 2.45) is 0 Å². The number of halogens is 3. The average Bonchev–Trinajstić information content (AvgIpc) is 2.97. The number of nitrogen functional groups attached to an aromatic ring is 1. The first kappa shape index (κ1) is 30.6. The molecule has 1 heterocycles. The van der Waals surface area contributed by atoms with E-state index in [0.717, 1.165) is 30.8 Å². The first-order chi connectivity index (χ1) is 20.2. The van der Waals surface area contributed by atoms with Crippen molar-refractivity contribution in [3.8, 4) is 5.75 Å². The lowest BCUT2D eigenvalue weighted by Crippen LogP contribution is -2.42. The molecule has 5 N–H and O–H groups in total. The van der Waals surface area contributed by atoms with E-state index in [-0.39, 0.29) is 17.6 Å². The number of anilines is 3. The molecule has 0 saturated carbocycles. The Morgan fingerprint density at radius 3 is 2.33 bits per heavy atom. The van der Waals surface area contributed by atoms with Crippen molar-refractivity contribution in [1.29, 1.82) is 0 Å². The van der Waals surface area contributed by atoms with E-state index in [1.807, 2.05) is 0 Å². The van der Waals surface area contributed by atoms with Gasteiger partial charge in [-0.2, -0.15) is 0 Å². The number of nitrogens with two attached hydrogens (primary N) is 1. The van der Waals surface area contributed by atoms with Gasteiger partial charge in [-0.3, -0.25) is 14.5 Å². The number of carbonyl (C=O) groups is 2. The van der Waals surface area contributed by atoms with Crippen LogP contribution in [0.1, 0.15) is 17.2 Å². The van der Waals surface area contributed by atoms with Crippen LogP contribution in [0.25, 0.3) is 6.08 Å². The second-order valence-corrected chi connectivity index (χ2v) is 9.48. The van der Waals surface area contributed by atoms with E-state index in [1.165, 1.54) is 18.2 Å². The van der Waals surface area contributed by atoms with Crippen LogP contribution < -0.4 is 26.4 Å². The minimum absolute atomic E-state index is 0.319. The van der Waals surface area contributed by atoms with E-state index < -0.39 is 12.4 Å². The van der Waals surface area contributed by atoms with Crippen LogP contribution in [0.5, 0.6) is 5.75 Å². The molecular formula is C30H32F3N5O4. The second kappa shape index (κ2) is 14.5. The zero-order chi connectivity index (χ0) is 30.0. The third kappa shape index (κ3) is 9.61. The Hall–Kier alpha value is -4.39. The molecule has 3 aromatic carbocycles. The van der Waals surface area contributed by atoms with Crippen molar-refractivity contribution in [3.63, 3.8) is 0 Å². The number of alkyl halides is 3. The van der Waals surface area contributed by atoms with Gasteiger partial charge in [-0.1, -0.05) is 36.4 Å². The summed E-state index contributed by atoms with van der Waals surface area (Å²) in [4.78, 5) is 27.9. The molecule has 3 aromatic rings. The van der Waals surface area contributed by atoms with E-state index in [1.54, 1.807) is 54.6 Å². The van der Waals surface area contributed by atoms with Crippen molar-refractivity contribution in [3.05, 3.63) is 90.0 Å². The van der Waals surface area contributed by atoms with Crippen molar-refractivity contribution in [2.75, 3.05) is 55.8 Å². The Labute approximate surface area is 241 Å². The summed E-state index contributed by atoms with van der Waals surface area (Å²) in [5.74, 6) is -1.11. The lowest BCUT2D eigenvalue weighted by molar-refractivity contribution is -0.274. The molecule has 222 valence electrons. The van der Waals surface area contributed by atoms with Gasteiger partial charge in [-0.15, -0.1) is 13.2 Å². The summed E-state index contributed by atoms with van der Waals surface area (Å²) in [7, 11) is 0. The number of rotatable bonds is 11. The fraction of sp³-hybridized carbons (Fsp3) is 0.267. The van der Waals surface area contributed by atoms with Crippen molar-refractivity contribution >= 4 is 35.0 Å². The van der Waals surface area contributed by atoms with E-state index in [9.17, 15) is 22.8 Å². The Balaban J connectivity index is 1.42. The monoisotopic (exact) mass is 583 g/mol. The topological polar surface area (TPSA) is 118 Å². The van der Waals surface area contributed by atoms with Crippen molar-refractivity contribution in [1.82, 2.24) is 10.2 Å². The maximum atomic E-state index is 13.3. The Bertz CT molecular complexity index is 1360. The molecule has 1 fully saturated rings. The summed E-state index contributed by atoms with van der Waals surface area (Å²) in [5.41, 5.74) is 8.57. The van der Waals surface area contributed by atoms with Crippen LogP contribution in [0, 0.1) is 0 Å². The van der Waals surface area contributed by atoms with Gasteiger partial charge < -0.3 is 31.2 Å². The molecule has 1 unspecified atom stereocenters. The number of carbonyl (C=O) groups excluding carboxylic acids is 2. The van der Waals surface area contributed by atoms with E-state index in [0.29, 0.717) is 48.9 Å². The highest BCUT2D eigenvalue weighted by Crippen LogP contribution is 2.25. The molecule has 0 spiro atoms. The van der Waals surface area contributed by atoms with Gasteiger partial charge in [0.15, 0.2) is 0 Å². The van der Waals surface area contributed by atoms with E-state index >= 15 is 0 Å². The second-order valence-electron chi connectivity index (χ2n) is 9.48. The predicted octanol–water partition coefficient (Wildman–Crippen LogP) is 4.42. The highest BCUT2D eigenvalue weighted by molar-refractivity contribution is 6.03. The number of morpholine rings is 1. The molecule has 42 heavy (non-hydrogen) atoms. The van der Waals surface area contributed by atoms with Gasteiger partial charge in [0, 0.05) is 37.9 Å². The first-order valence-electron chi connectivity index (χ1n) is 13.3. The highest BCUT2D eigenvalue weighted by Gasteiger charge is 2.31. The lowest BCUT2D eigenvalue weighted by Gasteiger charge is -2.27. The van der Waals surface area contributed by atoms with Crippen LogP contribution in [-0.2, 0) is 14.3 Å². The summed E-state index contributed by atoms with van der Waals surface area (Å²) in [6.45, 7) is 4.14. The van der Waals surface area contributed by atoms with Crippen LogP contribution in [0.15, 0.2) is 78.9 Å². The van der Waals surface area contributed by atoms with Gasteiger partial charge >= 0.3 is 6.36 Å². The SMILES string of the molecule is Nc1ccccc1NC(=O)C=Cc1ccc(C(NCCN2CCOCC2)C(=O)Nc2ccc(OC(F)(F)F)cc2)cc1. The fourth-order valence-electron chi connectivity index (χ4n) is 4.26. The number of ether oxygens (including phenoxy) is 2. The average molecular weight is 584 g/mol. The smallest absolute Gasteiger partial charge is 0.406 e. The van der Waals surface area contributed by atoms with Gasteiger partial charge in [0.25, 0.3) is 0 Å². The largest absolute Gasteiger partial charge is 0.573 e. The number of benzene rings is 3. The zero-order valence-electron chi connectivity index (χ0n) is 22.7. The van der Waals surface area contributed by atoms with E-state index in [4.69, 9.17) is 10.5 Å². The maximum absolute atomic E-state index is 13.3. The third-order valence-electron chi connectivity index (χ3n) is 6.41. The fourth-order valence-corrected chi connectivity index (χ4v) is 4.26. The normalized spacial score (nSPS) is 14.8. The molecule has 1 atom stereocenters. The maximum Gasteiger partial charge on any atom is 0.573 e. The van der Waals surface area contributed by atoms with Crippen LogP contribution in [0.3, 0.4) is 0 Å². The third-order valence-corrected chi connectivity index (χ3v) is 6.41. The molecule has 9 nitrogen and oxygen atoms in total. The first-order valence-corrected chi connectivity index (χ1v) is 13.3. The zero-order valence-corrected chi connectivity index (χ0v) is 22.7. The van der Waals surface area contributed by atoms with Crippen LogP contribution in [0.2, 0.25) is 0 Å². The molecule has 12 heteroatoms. The number of amides is 2. The molecule has 0 aromatic heterocycles. The Morgan fingerprint density at radius 1 is 0.976 bits per heavy atom. The highest BCUT2D eigenvalue weighted by atomic mass is 19.4. The summed E-state index contributed by atoms with van der Waals surface area (Å²) in [6, 6.07) is 18.3. The van der Waals surface area contributed by atoms with Gasteiger partial charge in [-0.05, 0) is 53.6 Å². The lowest BCUT2D eigenvalue weighted by atomic mass is 10.0. The molecule has 2 amide bonds. The van der Waals surface area contributed by atoms with Crippen LogP contribution in [-0.4, -0.2) is 62.5 Å². The van der Waals surface area contributed by atoms with Crippen LogP contribution >= 0.6 is 0 Å². The summed E-state index contributed by atoms with van der Waals surface area (Å²) in [5, 5.41) is 8.76. The summed E-state index contributed by atoms with van der Waals surface area (Å²) >= 11 is 0.